The van der Waals surface area contributed by atoms with Crippen LogP contribution in [0.25, 0.3) is 0 Å². The molecule has 118 valence electrons. The Labute approximate surface area is 133 Å². The van der Waals surface area contributed by atoms with Crippen molar-refractivity contribution in [3.05, 3.63) is 40.1 Å². The molecular formula is C16H19NO4S. The summed E-state index contributed by atoms with van der Waals surface area (Å²) in [6.45, 7) is 1.94. The van der Waals surface area contributed by atoms with Crippen LogP contribution in [0.2, 0.25) is 0 Å². The zero-order valence-corrected chi connectivity index (χ0v) is 13.8. The fraction of sp³-hybridized carbons (Fsp3) is 0.312. The first kappa shape index (κ1) is 16.2. The van der Waals surface area contributed by atoms with Gasteiger partial charge in [0, 0.05) is 17.0 Å². The SMILES string of the molecule is COc1cc(OC)c(C(=O)NC(C)c2cccs2)cc1OC. The van der Waals surface area contributed by atoms with E-state index in [2.05, 4.69) is 5.32 Å². The van der Waals surface area contributed by atoms with Crippen LogP contribution in [0.15, 0.2) is 29.6 Å². The molecule has 2 aromatic rings. The zero-order valence-electron chi connectivity index (χ0n) is 13.0. The second kappa shape index (κ2) is 7.17. The summed E-state index contributed by atoms with van der Waals surface area (Å²) in [5, 5.41) is 4.94. The molecular weight excluding hydrogens is 302 g/mol. The summed E-state index contributed by atoms with van der Waals surface area (Å²) in [7, 11) is 4.58. The summed E-state index contributed by atoms with van der Waals surface area (Å²) in [6.07, 6.45) is 0. The van der Waals surface area contributed by atoms with Gasteiger partial charge in [-0.1, -0.05) is 6.07 Å². The number of benzene rings is 1. The molecule has 1 amide bonds. The van der Waals surface area contributed by atoms with Gasteiger partial charge in [-0.2, -0.15) is 0 Å². The summed E-state index contributed by atoms with van der Waals surface area (Å²) in [5.74, 6) is 1.21. The Morgan fingerprint density at radius 3 is 2.27 bits per heavy atom. The first-order chi connectivity index (χ1) is 10.6. The lowest BCUT2D eigenvalue weighted by Gasteiger charge is -2.16. The van der Waals surface area contributed by atoms with Gasteiger partial charge in [0.25, 0.3) is 5.91 Å². The molecule has 1 aromatic carbocycles. The number of amides is 1. The maximum Gasteiger partial charge on any atom is 0.255 e. The van der Waals surface area contributed by atoms with Gasteiger partial charge < -0.3 is 19.5 Å². The smallest absolute Gasteiger partial charge is 0.255 e. The van der Waals surface area contributed by atoms with E-state index in [1.54, 1.807) is 23.5 Å². The Bertz CT molecular complexity index is 640. The first-order valence-corrected chi connectivity index (χ1v) is 7.63. The van der Waals surface area contributed by atoms with Gasteiger partial charge in [0.1, 0.15) is 5.75 Å². The minimum absolute atomic E-state index is 0.0784. The fourth-order valence-corrected chi connectivity index (χ4v) is 2.82. The molecule has 1 N–H and O–H groups in total. The van der Waals surface area contributed by atoms with E-state index in [-0.39, 0.29) is 11.9 Å². The number of thiophene rings is 1. The number of hydrogen-bond acceptors (Lipinski definition) is 5. The minimum atomic E-state index is -0.223. The van der Waals surface area contributed by atoms with Crippen LogP contribution in [-0.4, -0.2) is 27.2 Å². The standard InChI is InChI=1S/C16H19NO4S/c1-10(15-6-5-7-22-15)17-16(18)11-8-13(20-3)14(21-4)9-12(11)19-2/h5-10H,1-4H3,(H,17,18). The molecule has 22 heavy (non-hydrogen) atoms. The molecule has 0 saturated heterocycles. The van der Waals surface area contributed by atoms with Crippen molar-refractivity contribution in [2.75, 3.05) is 21.3 Å². The van der Waals surface area contributed by atoms with Crippen LogP contribution in [0.1, 0.15) is 28.2 Å². The fourth-order valence-electron chi connectivity index (χ4n) is 2.09. The Kier molecular flexibility index (Phi) is 5.27. The Morgan fingerprint density at radius 2 is 1.73 bits per heavy atom. The van der Waals surface area contributed by atoms with Gasteiger partial charge in [0.2, 0.25) is 0 Å². The third-order valence-electron chi connectivity index (χ3n) is 3.27. The van der Waals surface area contributed by atoms with Crippen molar-refractivity contribution in [1.82, 2.24) is 5.32 Å². The normalized spacial score (nSPS) is 11.6. The van der Waals surface area contributed by atoms with Crippen molar-refractivity contribution in [3.8, 4) is 17.2 Å². The second-order valence-corrected chi connectivity index (χ2v) is 5.60. The highest BCUT2D eigenvalue weighted by Crippen LogP contribution is 2.34. The lowest BCUT2D eigenvalue weighted by Crippen LogP contribution is -2.26. The molecule has 0 aliphatic heterocycles. The highest BCUT2D eigenvalue weighted by Gasteiger charge is 2.19. The van der Waals surface area contributed by atoms with Crippen molar-refractivity contribution < 1.29 is 19.0 Å². The van der Waals surface area contributed by atoms with Crippen LogP contribution in [0.4, 0.5) is 0 Å². The summed E-state index contributed by atoms with van der Waals surface area (Å²) < 4.78 is 15.8. The maximum atomic E-state index is 12.5. The summed E-state index contributed by atoms with van der Waals surface area (Å²) in [5.41, 5.74) is 0.406. The molecule has 0 bridgehead atoms. The van der Waals surface area contributed by atoms with E-state index in [4.69, 9.17) is 14.2 Å². The predicted octanol–water partition coefficient (Wildman–Crippen LogP) is 3.26. The summed E-state index contributed by atoms with van der Waals surface area (Å²) in [6, 6.07) is 7.13. The molecule has 2 rings (SSSR count). The average Bonchev–Trinajstić information content (AvgIpc) is 3.07. The quantitative estimate of drug-likeness (QED) is 0.887. The Morgan fingerprint density at radius 1 is 1.09 bits per heavy atom. The molecule has 0 aliphatic carbocycles. The predicted molar refractivity (Wildman–Crippen MR) is 86.3 cm³/mol. The van der Waals surface area contributed by atoms with Gasteiger partial charge in [-0.15, -0.1) is 11.3 Å². The van der Waals surface area contributed by atoms with Crippen molar-refractivity contribution in [2.24, 2.45) is 0 Å². The molecule has 0 aliphatic rings. The third kappa shape index (κ3) is 3.33. The van der Waals surface area contributed by atoms with Gasteiger partial charge in [-0.3, -0.25) is 4.79 Å². The summed E-state index contributed by atoms with van der Waals surface area (Å²) >= 11 is 1.60. The van der Waals surface area contributed by atoms with Crippen LogP contribution < -0.4 is 19.5 Å². The van der Waals surface area contributed by atoms with Crippen molar-refractivity contribution >= 4 is 17.2 Å². The molecule has 1 atom stereocenters. The average molecular weight is 321 g/mol. The first-order valence-electron chi connectivity index (χ1n) is 6.75. The molecule has 0 radical (unpaired) electrons. The van der Waals surface area contributed by atoms with Gasteiger partial charge in [0.05, 0.1) is 32.9 Å². The van der Waals surface area contributed by atoms with Crippen LogP contribution in [0, 0.1) is 0 Å². The number of carbonyl (C=O) groups excluding carboxylic acids is 1. The highest BCUT2D eigenvalue weighted by molar-refractivity contribution is 7.10. The molecule has 0 spiro atoms. The number of hydrogen-bond donors (Lipinski definition) is 1. The molecule has 1 heterocycles. The Hall–Kier alpha value is -2.21. The van der Waals surface area contributed by atoms with E-state index in [0.29, 0.717) is 22.8 Å². The molecule has 0 fully saturated rings. The molecule has 5 nitrogen and oxygen atoms in total. The van der Waals surface area contributed by atoms with Crippen molar-refractivity contribution in [3.63, 3.8) is 0 Å². The molecule has 1 aromatic heterocycles. The van der Waals surface area contributed by atoms with E-state index in [0.717, 1.165) is 4.88 Å². The van der Waals surface area contributed by atoms with E-state index in [1.165, 1.54) is 21.3 Å². The number of methoxy groups -OCH3 is 3. The largest absolute Gasteiger partial charge is 0.496 e. The van der Waals surface area contributed by atoms with Gasteiger partial charge in [0.15, 0.2) is 11.5 Å². The third-order valence-corrected chi connectivity index (χ3v) is 4.32. The number of nitrogens with one attached hydrogen (secondary N) is 1. The van der Waals surface area contributed by atoms with Crippen LogP contribution >= 0.6 is 11.3 Å². The number of carbonyl (C=O) groups is 1. The number of ether oxygens (including phenoxy) is 3. The van der Waals surface area contributed by atoms with Gasteiger partial charge in [-0.25, -0.2) is 0 Å². The molecule has 0 saturated carbocycles. The number of rotatable bonds is 6. The van der Waals surface area contributed by atoms with Crippen molar-refractivity contribution in [2.45, 2.75) is 13.0 Å². The topological polar surface area (TPSA) is 56.8 Å². The van der Waals surface area contributed by atoms with Crippen LogP contribution in [0.3, 0.4) is 0 Å². The lowest BCUT2D eigenvalue weighted by atomic mass is 10.1. The van der Waals surface area contributed by atoms with E-state index in [9.17, 15) is 4.79 Å². The molecule has 1 unspecified atom stereocenters. The van der Waals surface area contributed by atoms with Crippen molar-refractivity contribution in [1.29, 1.82) is 0 Å². The lowest BCUT2D eigenvalue weighted by molar-refractivity contribution is 0.0937. The monoisotopic (exact) mass is 321 g/mol. The summed E-state index contributed by atoms with van der Waals surface area (Å²) in [4.78, 5) is 13.6. The van der Waals surface area contributed by atoms with Crippen LogP contribution in [0.5, 0.6) is 17.2 Å². The van der Waals surface area contributed by atoms with Gasteiger partial charge >= 0.3 is 0 Å². The highest BCUT2D eigenvalue weighted by atomic mass is 32.1. The van der Waals surface area contributed by atoms with E-state index < -0.39 is 0 Å². The van der Waals surface area contributed by atoms with E-state index >= 15 is 0 Å². The van der Waals surface area contributed by atoms with Crippen LogP contribution in [-0.2, 0) is 0 Å². The maximum absolute atomic E-state index is 12.5. The second-order valence-electron chi connectivity index (χ2n) is 4.62. The molecule has 6 heteroatoms. The minimum Gasteiger partial charge on any atom is -0.496 e. The van der Waals surface area contributed by atoms with Gasteiger partial charge in [-0.05, 0) is 18.4 Å². The van der Waals surface area contributed by atoms with E-state index in [1.807, 2.05) is 24.4 Å². The Balaban J connectivity index is 2.28. The zero-order chi connectivity index (χ0) is 16.1.